The largest absolute Gasteiger partial charge is 0.214 e. The van der Waals surface area contributed by atoms with Crippen molar-refractivity contribution in [1.29, 1.82) is 5.26 Å². The first kappa shape index (κ1) is 15.2. The second-order valence-electron chi connectivity index (χ2n) is 5.48. The van der Waals surface area contributed by atoms with Crippen molar-refractivity contribution in [1.82, 2.24) is 20.2 Å². The van der Waals surface area contributed by atoms with Crippen LogP contribution in [0.1, 0.15) is 11.1 Å². The quantitative estimate of drug-likeness (QED) is 0.562. The number of hydrogen-bond acceptors (Lipinski definition) is 5. The smallest absolute Gasteiger partial charge is 0.192 e. The minimum absolute atomic E-state index is 0.554. The highest BCUT2D eigenvalue weighted by Gasteiger charge is 2.08. The summed E-state index contributed by atoms with van der Waals surface area (Å²) in [7, 11) is 0. The van der Waals surface area contributed by atoms with Crippen LogP contribution in [0.2, 0.25) is 0 Å². The van der Waals surface area contributed by atoms with Crippen LogP contribution in [0, 0.1) is 11.3 Å². The summed E-state index contributed by atoms with van der Waals surface area (Å²) in [5, 5.41) is 23.9. The van der Waals surface area contributed by atoms with Gasteiger partial charge in [-0.05, 0) is 39.4 Å². The van der Waals surface area contributed by atoms with Gasteiger partial charge in [0.2, 0.25) is 5.82 Å². The number of nitriles is 1. The lowest BCUT2D eigenvalue weighted by atomic mass is 9.99. The van der Waals surface area contributed by atoms with Crippen molar-refractivity contribution in [2.24, 2.45) is 0 Å². The van der Waals surface area contributed by atoms with Gasteiger partial charge in [0.1, 0.15) is 0 Å². The maximum Gasteiger partial charge on any atom is 0.214 e. The van der Waals surface area contributed by atoms with Gasteiger partial charge in [-0.15, -0.1) is 21.5 Å². The Morgan fingerprint density at radius 2 is 1.84 bits per heavy atom. The average molecular weight is 343 g/mol. The third-order valence-electron chi connectivity index (χ3n) is 3.83. The summed E-state index contributed by atoms with van der Waals surface area (Å²) >= 11 is 1.59. The van der Waals surface area contributed by atoms with Crippen LogP contribution in [0.25, 0.3) is 21.8 Å². The molecule has 25 heavy (non-hydrogen) atoms. The van der Waals surface area contributed by atoms with Crippen LogP contribution in [-0.4, -0.2) is 20.2 Å². The summed E-state index contributed by atoms with van der Waals surface area (Å²) in [5.74, 6) is 0.648. The van der Waals surface area contributed by atoms with Crippen LogP contribution < -0.4 is 0 Å². The number of tetrazole rings is 1. The van der Waals surface area contributed by atoms with Gasteiger partial charge in [-0.25, -0.2) is 0 Å². The molecule has 0 saturated heterocycles. The Balaban J connectivity index is 1.54. The standard InChI is InChI=1S/C19H13N5S/c20-12-16-4-1-2-5-17(16)15-9-7-14(8-10-15)13-24-22-19(21-23-24)18-6-3-11-25-18/h1-11H,13H2. The van der Waals surface area contributed by atoms with Crippen molar-refractivity contribution < 1.29 is 0 Å². The van der Waals surface area contributed by atoms with Gasteiger partial charge in [0, 0.05) is 0 Å². The summed E-state index contributed by atoms with van der Waals surface area (Å²) in [6.07, 6.45) is 0. The lowest BCUT2D eigenvalue weighted by Crippen LogP contribution is -2.03. The highest BCUT2D eigenvalue weighted by molar-refractivity contribution is 7.13. The molecule has 0 bridgehead atoms. The first-order valence-electron chi connectivity index (χ1n) is 7.73. The SMILES string of the molecule is N#Cc1ccccc1-c1ccc(Cn2nnc(-c3cccs3)n2)cc1. The molecule has 2 aromatic carbocycles. The molecule has 120 valence electrons. The van der Waals surface area contributed by atoms with E-state index < -0.39 is 0 Å². The summed E-state index contributed by atoms with van der Waals surface area (Å²) in [4.78, 5) is 2.60. The predicted molar refractivity (Wildman–Crippen MR) is 96.8 cm³/mol. The van der Waals surface area contributed by atoms with E-state index in [1.807, 2.05) is 66.0 Å². The van der Waals surface area contributed by atoms with E-state index in [4.69, 9.17) is 0 Å². The van der Waals surface area contributed by atoms with Crippen molar-refractivity contribution in [3.63, 3.8) is 0 Å². The molecule has 0 aliphatic rings. The van der Waals surface area contributed by atoms with E-state index in [2.05, 4.69) is 21.5 Å². The Kier molecular flexibility index (Phi) is 4.07. The Morgan fingerprint density at radius 1 is 1.00 bits per heavy atom. The Labute approximate surface area is 148 Å². The molecule has 0 spiro atoms. The van der Waals surface area contributed by atoms with E-state index in [0.29, 0.717) is 17.9 Å². The molecule has 6 heteroatoms. The highest BCUT2D eigenvalue weighted by atomic mass is 32.1. The Hall–Kier alpha value is -3.30. The molecule has 4 rings (SSSR count). The van der Waals surface area contributed by atoms with Crippen molar-refractivity contribution in [3.8, 4) is 27.9 Å². The molecule has 0 aliphatic carbocycles. The van der Waals surface area contributed by atoms with Gasteiger partial charge in [-0.2, -0.15) is 10.1 Å². The third kappa shape index (κ3) is 3.18. The summed E-state index contributed by atoms with van der Waals surface area (Å²) in [6, 6.07) is 21.9. The first-order chi connectivity index (χ1) is 12.3. The van der Waals surface area contributed by atoms with Gasteiger partial charge in [0.15, 0.2) is 0 Å². The zero-order valence-corrected chi connectivity index (χ0v) is 14.0. The molecule has 0 unspecified atom stereocenters. The third-order valence-corrected chi connectivity index (χ3v) is 4.70. The van der Waals surface area contributed by atoms with Crippen molar-refractivity contribution in [3.05, 3.63) is 77.2 Å². The minimum Gasteiger partial charge on any atom is -0.192 e. The van der Waals surface area contributed by atoms with E-state index in [-0.39, 0.29) is 0 Å². The van der Waals surface area contributed by atoms with Crippen molar-refractivity contribution in [2.45, 2.75) is 6.54 Å². The maximum atomic E-state index is 9.23. The molecular formula is C19H13N5S. The van der Waals surface area contributed by atoms with E-state index >= 15 is 0 Å². The summed E-state index contributed by atoms with van der Waals surface area (Å²) < 4.78 is 0. The second kappa shape index (κ2) is 6.67. The van der Waals surface area contributed by atoms with Crippen LogP contribution in [0.5, 0.6) is 0 Å². The van der Waals surface area contributed by atoms with E-state index in [1.54, 1.807) is 16.1 Å². The van der Waals surface area contributed by atoms with Crippen molar-refractivity contribution in [2.75, 3.05) is 0 Å². The molecule has 5 nitrogen and oxygen atoms in total. The highest BCUT2D eigenvalue weighted by Crippen LogP contribution is 2.24. The van der Waals surface area contributed by atoms with Crippen LogP contribution in [0.4, 0.5) is 0 Å². The first-order valence-corrected chi connectivity index (χ1v) is 8.61. The summed E-state index contributed by atoms with van der Waals surface area (Å²) in [6.45, 7) is 0.554. The lowest BCUT2D eigenvalue weighted by molar-refractivity contribution is 0.573. The number of thiophene rings is 1. The number of rotatable bonds is 4. The fraction of sp³-hybridized carbons (Fsp3) is 0.0526. The molecule has 0 N–H and O–H groups in total. The van der Waals surface area contributed by atoms with Gasteiger partial charge in [0.25, 0.3) is 0 Å². The van der Waals surface area contributed by atoms with Gasteiger partial charge in [-0.1, -0.05) is 48.5 Å². The topological polar surface area (TPSA) is 67.4 Å². The molecule has 0 aliphatic heterocycles. The zero-order valence-electron chi connectivity index (χ0n) is 13.2. The molecular weight excluding hydrogens is 330 g/mol. The number of nitrogens with zero attached hydrogens (tertiary/aromatic N) is 5. The molecule has 0 fully saturated rings. The van der Waals surface area contributed by atoms with E-state index in [9.17, 15) is 5.26 Å². The molecule has 0 atom stereocenters. The number of aromatic nitrogens is 4. The summed E-state index contributed by atoms with van der Waals surface area (Å²) in [5.41, 5.74) is 3.71. The molecule has 0 radical (unpaired) electrons. The molecule has 2 aromatic heterocycles. The predicted octanol–water partition coefficient (Wildman–Crippen LogP) is 3.99. The van der Waals surface area contributed by atoms with E-state index in [0.717, 1.165) is 21.6 Å². The van der Waals surface area contributed by atoms with E-state index in [1.165, 1.54) is 0 Å². The Morgan fingerprint density at radius 3 is 2.60 bits per heavy atom. The molecule has 4 aromatic rings. The maximum absolute atomic E-state index is 9.23. The average Bonchev–Trinajstić information content (AvgIpc) is 3.34. The van der Waals surface area contributed by atoms with Gasteiger partial charge < -0.3 is 0 Å². The number of benzene rings is 2. The lowest BCUT2D eigenvalue weighted by Gasteiger charge is -2.05. The number of hydrogen-bond donors (Lipinski definition) is 0. The zero-order chi connectivity index (χ0) is 17.1. The van der Waals surface area contributed by atoms with Gasteiger partial charge in [-0.3, -0.25) is 0 Å². The Bertz CT molecular complexity index is 1030. The minimum atomic E-state index is 0.554. The van der Waals surface area contributed by atoms with Crippen molar-refractivity contribution >= 4 is 11.3 Å². The van der Waals surface area contributed by atoms with Crippen LogP contribution >= 0.6 is 11.3 Å². The van der Waals surface area contributed by atoms with Gasteiger partial charge in [0.05, 0.1) is 23.1 Å². The molecule has 2 heterocycles. The fourth-order valence-electron chi connectivity index (χ4n) is 2.60. The normalized spacial score (nSPS) is 10.5. The molecule has 0 amide bonds. The van der Waals surface area contributed by atoms with Crippen LogP contribution in [0.15, 0.2) is 66.0 Å². The second-order valence-corrected chi connectivity index (χ2v) is 6.42. The van der Waals surface area contributed by atoms with Crippen LogP contribution in [-0.2, 0) is 6.54 Å². The van der Waals surface area contributed by atoms with Crippen LogP contribution in [0.3, 0.4) is 0 Å². The monoisotopic (exact) mass is 343 g/mol. The van der Waals surface area contributed by atoms with Gasteiger partial charge >= 0.3 is 0 Å². The fourth-order valence-corrected chi connectivity index (χ4v) is 3.25. The molecule has 0 saturated carbocycles.